The number of aliphatic imine (C=N–C) groups is 1. The van der Waals surface area contributed by atoms with Gasteiger partial charge >= 0.3 is 0 Å². The van der Waals surface area contributed by atoms with Gasteiger partial charge in [-0.05, 0) is 12.1 Å². The quantitative estimate of drug-likeness (QED) is 0.483. The molecule has 0 unspecified atom stereocenters. The fourth-order valence-electron chi connectivity index (χ4n) is 1.11. The number of para-hydroxylation sites is 2. The molecule has 74 valence electrons. The Bertz CT molecular complexity index is 424. The lowest BCUT2D eigenvalue weighted by atomic mass is 10.3. The first-order valence-electron chi connectivity index (χ1n) is 3.80. The molecule has 0 aliphatic carbocycles. The molecule has 2 rings (SSSR count). The smallest absolute Gasteiger partial charge is 0.231 e. The number of rotatable bonds is 1. The van der Waals surface area contributed by atoms with E-state index in [-0.39, 0.29) is 18.4 Å². The van der Waals surface area contributed by atoms with E-state index in [9.17, 15) is 0 Å². The van der Waals surface area contributed by atoms with Crippen LogP contribution in [-0.2, 0) is 0 Å². The van der Waals surface area contributed by atoms with Crippen molar-refractivity contribution in [1.82, 2.24) is 9.97 Å². The summed E-state index contributed by atoms with van der Waals surface area (Å²) in [6.45, 7) is 0. The van der Waals surface area contributed by atoms with E-state index in [1.165, 1.54) is 0 Å². The van der Waals surface area contributed by atoms with Gasteiger partial charge in [0.05, 0.1) is 11.0 Å². The van der Waals surface area contributed by atoms with Gasteiger partial charge in [-0.1, -0.05) is 12.1 Å². The number of nitrogens with zero attached hydrogens (tertiary/aromatic N) is 2. The van der Waals surface area contributed by atoms with E-state index in [0.29, 0.717) is 5.95 Å². The summed E-state index contributed by atoms with van der Waals surface area (Å²) >= 11 is 0. The minimum atomic E-state index is -0.000874. The molecule has 14 heavy (non-hydrogen) atoms. The predicted octanol–water partition coefficient (Wildman–Crippen LogP) is 0.890. The molecule has 0 amide bonds. The zero-order chi connectivity index (χ0) is 9.26. The Balaban J connectivity index is 0.000000980. The average Bonchev–Trinajstić information content (AvgIpc) is 2.44. The van der Waals surface area contributed by atoms with Gasteiger partial charge in [-0.25, -0.2) is 4.98 Å². The Labute approximate surface area is 86.6 Å². The first-order valence-corrected chi connectivity index (χ1v) is 3.80. The SMILES string of the molecule is Cl.NC(N)=Nc1nc2ccccc2[nH]1. The molecule has 5 N–H and O–H groups in total. The molecule has 0 radical (unpaired) electrons. The molecule has 0 saturated carbocycles. The summed E-state index contributed by atoms with van der Waals surface area (Å²) in [7, 11) is 0. The van der Waals surface area contributed by atoms with E-state index >= 15 is 0 Å². The highest BCUT2D eigenvalue weighted by molar-refractivity contribution is 5.85. The van der Waals surface area contributed by atoms with Crippen LogP contribution in [0.5, 0.6) is 0 Å². The molecular weight excluding hydrogens is 202 g/mol. The number of guanidine groups is 1. The van der Waals surface area contributed by atoms with E-state index < -0.39 is 0 Å². The van der Waals surface area contributed by atoms with E-state index in [4.69, 9.17) is 11.5 Å². The first kappa shape index (κ1) is 10.3. The maximum absolute atomic E-state index is 5.21. The van der Waals surface area contributed by atoms with Crippen molar-refractivity contribution in [2.45, 2.75) is 0 Å². The average molecular weight is 212 g/mol. The van der Waals surface area contributed by atoms with Crippen molar-refractivity contribution in [2.75, 3.05) is 0 Å². The first-order chi connectivity index (χ1) is 6.25. The number of benzene rings is 1. The molecule has 0 spiro atoms. The van der Waals surface area contributed by atoms with Crippen LogP contribution in [0.15, 0.2) is 29.3 Å². The lowest BCUT2D eigenvalue weighted by molar-refractivity contribution is 1.24. The molecule has 0 saturated heterocycles. The molecule has 0 bridgehead atoms. The number of fused-ring (bicyclic) bond motifs is 1. The van der Waals surface area contributed by atoms with Crippen molar-refractivity contribution in [3.8, 4) is 0 Å². The number of imidazole rings is 1. The highest BCUT2D eigenvalue weighted by Gasteiger charge is 1.99. The fraction of sp³-hybridized carbons (Fsp3) is 0. The van der Waals surface area contributed by atoms with Gasteiger partial charge in [0.25, 0.3) is 0 Å². The van der Waals surface area contributed by atoms with Gasteiger partial charge in [0.1, 0.15) is 0 Å². The Morgan fingerprint density at radius 2 is 2.00 bits per heavy atom. The van der Waals surface area contributed by atoms with Crippen molar-refractivity contribution >= 4 is 35.3 Å². The molecule has 1 aromatic heterocycles. The number of hydrogen-bond donors (Lipinski definition) is 3. The Hall–Kier alpha value is -1.75. The largest absolute Gasteiger partial charge is 0.370 e. The topological polar surface area (TPSA) is 93.1 Å². The number of halogens is 1. The second-order valence-corrected chi connectivity index (χ2v) is 2.61. The highest BCUT2D eigenvalue weighted by Crippen LogP contribution is 2.14. The van der Waals surface area contributed by atoms with Crippen molar-refractivity contribution in [3.05, 3.63) is 24.3 Å². The van der Waals surface area contributed by atoms with E-state index in [0.717, 1.165) is 11.0 Å². The second kappa shape index (κ2) is 3.97. The minimum Gasteiger partial charge on any atom is -0.370 e. The summed E-state index contributed by atoms with van der Waals surface area (Å²) in [6.07, 6.45) is 0. The Morgan fingerprint density at radius 3 is 2.64 bits per heavy atom. The lowest BCUT2D eigenvalue weighted by Crippen LogP contribution is -2.22. The van der Waals surface area contributed by atoms with Crippen LogP contribution in [0.1, 0.15) is 0 Å². The third-order valence-electron chi connectivity index (χ3n) is 1.61. The van der Waals surface area contributed by atoms with Gasteiger partial charge < -0.3 is 16.5 Å². The van der Waals surface area contributed by atoms with Crippen LogP contribution in [0.25, 0.3) is 11.0 Å². The molecular formula is C8H10ClN5. The van der Waals surface area contributed by atoms with Gasteiger partial charge in [0.2, 0.25) is 5.95 Å². The van der Waals surface area contributed by atoms with Crippen molar-refractivity contribution in [3.63, 3.8) is 0 Å². The Kier molecular flexibility index (Phi) is 2.93. The van der Waals surface area contributed by atoms with Crippen LogP contribution < -0.4 is 11.5 Å². The molecule has 6 heteroatoms. The molecule has 0 aliphatic rings. The standard InChI is InChI=1S/C8H9N5.ClH/c9-7(10)13-8-11-5-3-1-2-4-6(5)12-8;/h1-4H,(H5,9,10,11,12,13);1H. The summed E-state index contributed by atoms with van der Waals surface area (Å²) in [6, 6.07) is 7.62. The van der Waals surface area contributed by atoms with Crippen molar-refractivity contribution < 1.29 is 0 Å². The molecule has 0 aliphatic heterocycles. The van der Waals surface area contributed by atoms with E-state index in [1.54, 1.807) is 0 Å². The summed E-state index contributed by atoms with van der Waals surface area (Å²) in [5.41, 5.74) is 12.2. The van der Waals surface area contributed by atoms with Gasteiger partial charge in [-0.15, -0.1) is 12.4 Å². The summed E-state index contributed by atoms with van der Waals surface area (Å²) in [5, 5.41) is 0. The summed E-state index contributed by atoms with van der Waals surface area (Å²) in [5.74, 6) is 0.431. The molecule has 0 atom stereocenters. The van der Waals surface area contributed by atoms with Crippen molar-refractivity contribution in [1.29, 1.82) is 0 Å². The Morgan fingerprint density at radius 1 is 1.29 bits per heavy atom. The molecule has 0 fully saturated rings. The summed E-state index contributed by atoms with van der Waals surface area (Å²) < 4.78 is 0. The van der Waals surface area contributed by atoms with Gasteiger partial charge in [-0.3, -0.25) is 0 Å². The highest BCUT2D eigenvalue weighted by atomic mass is 35.5. The number of H-pyrrole nitrogens is 1. The zero-order valence-corrected chi connectivity index (χ0v) is 8.08. The summed E-state index contributed by atoms with van der Waals surface area (Å²) in [4.78, 5) is 10.9. The van der Waals surface area contributed by atoms with E-state index in [1.807, 2.05) is 24.3 Å². The van der Waals surface area contributed by atoms with Crippen molar-refractivity contribution in [2.24, 2.45) is 16.5 Å². The van der Waals surface area contributed by atoms with Gasteiger partial charge in [0.15, 0.2) is 5.96 Å². The van der Waals surface area contributed by atoms with E-state index in [2.05, 4.69) is 15.0 Å². The van der Waals surface area contributed by atoms with Crippen LogP contribution in [0.2, 0.25) is 0 Å². The molecule has 5 nitrogen and oxygen atoms in total. The minimum absolute atomic E-state index is 0. The monoisotopic (exact) mass is 211 g/mol. The third kappa shape index (κ3) is 1.94. The maximum atomic E-state index is 5.21. The molecule has 1 heterocycles. The van der Waals surface area contributed by atoms with Crippen LogP contribution in [0.3, 0.4) is 0 Å². The lowest BCUT2D eigenvalue weighted by Gasteiger charge is -1.85. The van der Waals surface area contributed by atoms with Crippen LogP contribution in [0.4, 0.5) is 5.95 Å². The van der Waals surface area contributed by atoms with Gasteiger partial charge in [0, 0.05) is 0 Å². The number of nitrogens with one attached hydrogen (secondary N) is 1. The maximum Gasteiger partial charge on any atom is 0.231 e. The predicted molar refractivity (Wildman–Crippen MR) is 58.8 cm³/mol. The van der Waals surface area contributed by atoms with Crippen LogP contribution >= 0.6 is 12.4 Å². The van der Waals surface area contributed by atoms with Crippen LogP contribution in [-0.4, -0.2) is 15.9 Å². The van der Waals surface area contributed by atoms with Gasteiger partial charge in [-0.2, -0.15) is 4.99 Å². The molecule has 2 aromatic rings. The van der Waals surface area contributed by atoms with Crippen LogP contribution in [0, 0.1) is 0 Å². The normalized spacial score (nSPS) is 9.43. The third-order valence-corrected chi connectivity index (χ3v) is 1.61. The fourth-order valence-corrected chi connectivity index (χ4v) is 1.11. The second-order valence-electron chi connectivity index (χ2n) is 2.61. The molecule has 1 aromatic carbocycles. The number of hydrogen-bond acceptors (Lipinski definition) is 2. The number of nitrogens with two attached hydrogens (primary N) is 2. The number of aromatic nitrogens is 2. The zero-order valence-electron chi connectivity index (χ0n) is 7.27. The number of aromatic amines is 1.